The standard InChI is InChI=1S/C25H27NOS/c1-19(2)17-23(21-13-7-4-8-14-21)26-25(27)22-15-9-10-16-24(22)28-18-20-11-5-3-6-12-20/h3-16,19,23H,17-18H2,1-2H3,(H,26,27)/t23-/m1/s1. The van der Waals surface area contributed by atoms with Crippen LogP contribution in [-0.4, -0.2) is 5.91 Å². The van der Waals surface area contributed by atoms with Crippen LogP contribution in [0.25, 0.3) is 0 Å². The summed E-state index contributed by atoms with van der Waals surface area (Å²) in [5, 5.41) is 3.27. The van der Waals surface area contributed by atoms with Crippen molar-refractivity contribution in [2.24, 2.45) is 5.92 Å². The van der Waals surface area contributed by atoms with Crippen molar-refractivity contribution in [3.63, 3.8) is 0 Å². The minimum atomic E-state index is -0.00864. The lowest BCUT2D eigenvalue weighted by atomic mass is 9.96. The lowest BCUT2D eigenvalue weighted by Gasteiger charge is -2.22. The first-order valence-corrected chi connectivity index (χ1v) is 10.7. The first-order valence-electron chi connectivity index (χ1n) is 9.75. The van der Waals surface area contributed by atoms with Gasteiger partial charge >= 0.3 is 0 Å². The number of benzene rings is 3. The summed E-state index contributed by atoms with van der Waals surface area (Å²) >= 11 is 1.70. The van der Waals surface area contributed by atoms with Crippen molar-refractivity contribution in [3.8, 4) is 0 Å². The summed E-state index contributed by atoms with van der Waals surface area (Å²) in [5.41, 5.74) is 3.15. The molecule has 1 atom stereocenters. The number of hydrogen-bond donors (Lipinski definition) is 1. The summed E-state index contributed by atoms with van der Waals surface area (Å²) in [6.45, 7) is 4.37. The van der Waals surface area contributed by atoms with Crippen molar-refractivity contribution < 1.29 is 4.79 Å². The molecule has 3 aromatic carbocycles. The fraction of sp³-hybridized carbons (Fsp3) is 0.240. The second-order valence-corrected chi connectivity index (χ2v) is 8.35. The summed E-state index contributed by atoms with van der Waals surface area (Å²) in [6, 6.07) is 28.5. The highest BCUT2D eigenvalue weighted by molar-refractivity contribution is 7.98. The van der Waals surface area contributed by atoms with Gasteiger partial charge in [0, 0.05) is 10.6 Å². The van der Waals surface area contributed by atoms with Crippen LogP contribution in [0, 0.1) is 5.92 Å². The van der Waals surface area contributed by atoms with E-state index in [-0.39, 0.29) is 11.9 Å². The van der Waals surface area contributed by atoms with E-state index in [1.807, 2.05) is 60.7 Å². The van der Waals surface area contributed by atoms with E-state index in [0.717, 1.165) is 28.2 Å². The maximum Gasteiger partial charge on any atom is 0.252 e. The van der Waals surface area contributed by atoms with E-state index >= 15 is 0 Å². The molecule has 0 saturated heterocycles. The average Bonchev–Trinajstić information content (AvgIpc) is 2.73. The van der Waals surface area contributed by atoms with Crippen LogP contribution in [0.5, 0.6) is 0 Å². The SMILES string of the molecule is CC(C)C[C@@H](NC(=O)c1ccccc1SCc1ccccc1)c1ccccc1. The van der Waals surface area contributed by atoms with E-state index in [1.165, 1.54) is 5.56 Å². The van der Waals surface area contributed by atoms with Crippen LogP contribution in [0.2, 0.25) is 0 Å². The molecular formula is C25H27NOS. The summed E-state index contributed by atoms with van der Waals surface area (Å²) in [4.78, 5) is 14.1. The molecule has 0 aliphatic carbocycles. The summed E-state index contributed by atoms with van der Waals surface area (Å²) in [6.07, 6.45) is 0.912. The zero-order valence-corrected chi connectivity index (χ0v) is 17.3. The molecule has 28 heavy (non-hydrogen) atoms. The maximum absolute atomic E-state index is 13.1. The lowest BCUT2D eigenvalue weighted by Crippen LogP contribution is -2.29. The van der Waals surface area contributed by atoms with Gasteiger partial charge in [0.2, 0.25) is 0 Å². The molecule has 3 aromatic rings. The van der Waals surface area contributed by atoms with E-state index in [4.69, 9.17) is 0 Å². The van der Waals surface area contributed by atoms with Crippen LogP contribution < -0.4 is 5.32 Å². The third-order valence-corrected chi connectivity index (χ3v) is 5.73. The van der Waals surface area contributed by atoms with Crippen LogP contribution in [0.4, 0.5) is 0 Å². The fourth-order valence-corrected chi connectivity index (χ4v) is 4.19. The van der Waals surface area contributed by atoms with Gasteiger partial charge in [-0.3, -0.25) is 4.79 Å². The monoisotopic (exact) mass is 389 g/mol. The van der Waals surface area contributed by atoms with Gasteiger partial charge in [-0.15, -0.1) is 11.8 Å². The Morgan fingerprint density at radius 1 is 0.857 bits per heavy atom. The summed E-state index contributed by atoms with van der Waals surface area (Å²) in [5.74, 6) is 1.33. The zero-order chi connectivity index (χ0) is 19.8. The minimum Gasteiger partial charge on any atom is -0.345 e. The molecule has 0 aromatic heterocycles. The number of hydrogen-bond acceptors (Lipinski definition) is 2. The molecule has 0 fully saturated rings. The number of carbonyl (C=O) groups excluding carboxylic acids is 1. The van der Waals surface area contributed by atoms with Crippen molar-refractivity contribution in [2.75, 3.05) is 0 Å². The molecule has 0 unspecified atom stereocenters. The van der Waals surface area contributed by atoms with Gasteiger partial charge in [0.25, 0.3) is 5.91 Å². The molecule has 144 valence electrons. The van der Waals surface area contributed by atoms with Gasteiger partial charge in [0.05, 0.1) is 11.6 Å². The molecule has 2 nitrogen and oxygen atoms in total. The largest absolute Gasteiger partial charge is 0.345 e. The van der Waals surface area contributed by atoms with Gasteiger partial charge < -0.3 is 5.32 Å². The molecule has 1 amide bonds. The van der Waals surface area contributed by atoms with Crippen LogP contribution >= 0.6 is 11.8 Å². The van der Waals surface area contributed by atoms with E-state index in [2.05, 4.69) is 43.4 Å². The Morgan fingerprint density at radius 2 is 1.46 bits per heavy atom. The van der Waals surface area contributed by atoms with Crippen molar-refractivity contribution in [3.05, 3.63) is 102 Å². The highest BCUT2D eigenvalue weighted by Gasteiger charge is 2.19. The third kappa shape index (κ3) is 5.74. The van der Waals surface area contributed by atoms with Gasteiger partial charge in [-0.1, -0.05) is 86.6 Å². The molecule has 0 bridgehead atoms. The first-order chi connectivity index (χ1) is 13.6. The second-order valence-electron chi connectivity index (χ2n) is 7.34. The second kappa shape index (κ2) is 10.1. The normalized spacial score (nSPS) is 12.0. The molecule has 0 heterocycles. The lowest BCUT2D eigenvalue weighted by molar-refractivity contribution is 0.0929. The third-order valence-electron chi connectivity index (χ3n) is 4.58. The molecule has 0 saturated carbocycles. The molecule has 1 N–H and O–H groups in total. The maximum atomic E-state index is 13.1. The number of nitrogens with one attached hydrogen (secondary N) is 1. The van der Waals surface area contributed by atoms with Crippen LogP contribution in [-0.2, 0) is 5.75 Å². The Morgan fingerprint density at radius 3 is 2.14 bits per heavy atom. The quantitative estimate of drug-likeness (QED) is 0.446. The number of amides is 1. The number of rotatable bonds is 8. The predicted octanol–water partition coefficient (Wildman–Crippen LogP) is 6.50. The average molecular weight is 390 g/mol. The predicted molar refractivity (Wildman–Crippen MR) is 119 cm³/mol. The number of carbonyl (C=O) groups is 1. The van der Waals surface area contributed by atoms with E-state index in [9.17, 15) is 4.79 Å². The minimum absolute atomic E-state index is 0.00864. The molecular weight excluding hydrogens is 362 g/mol. The van der Waals surface area contributed by atoms with Crippen molar-refractivity contribution >= 4 is 17.7 Å². The first kappa shape index (κ1) is 20.2. The van der Waals surface area contributed by atoms with Gasteiger partial charge in [-0.05, 0) is 35.6 Å². The molecule has 3 rings (SSSR count). The van der Waals surface area contributed by atoms with Gasteiger partial charge in [0.1, 0.15) is 0 Å². The molecule has 0 spiro atoms. The van der Waals surface area contributed by atoms with Crippen LogP contribution in [0.3, 0.4) is 0 Å². The highest BCUT2D eigenvalue weighted by Crippen LogP contribution is 2.28. The topological polar surface area (TPSA) is 29.1 Å². The smallest absolute Gasteiger partial charge is 0.252 e. The van der Waals surface area contributed by atoms with E-state index in [1.54, 1.807) is 11.8 Å². The zero-order valence-electron chi connectivity index (χ0n) is 16.5. The van der Waals surface area contributed by atoms with Gasteiger partial charge in [-0.2, -0.15) is 0 Å². The highest BCUT2D eigenvalue weighted by atomic mass is 32.2. The van der Waals surface area contributed by atoms with Gasteiger partial charge in [0.15, 0.2) is 0 Å². The van der Waals surface area contributed by atoms with E-state index in [0.29, 0.717) is 5.92 Å². The molecule has 0 radical (unpaired) electrons. The van der Waals surface area contributed by atoms with Crippen molar-refractivity contribution in [2.45, 2.75) is 37.0 Å². The van der Waals surface area contributed by atoms with Crippen molar-refractivity contribution in [1.29, 1.82) is 0 Å². The van der Waals surface area contributed by atoms with Crippen LogP contribution in [0.15, 0.2) is 89.8 Å². The fourth-order valence-electron chi connectivity index (χ4n) is 3.19. The summed E-state index contributed by atoms with van der Waals surface area (Å²) < 4.78 is 0. The Hall–Kier alpha value is -2.52. The van der Waals surface area contributed by atoms with E-state index < -0.39 is 0 Å². The molecule has 0 aliphatic heterocycles. The number of thioether (sulfide) groups is 1. The Kier molecular flexibility index (Phi) is 7.32. The Labute approximate surface area is 172 Å². The van der Waals surface area contributed by atoms with Crippen molar-refractivity contribution in [1.82, 2.24) is 5.32 Å². The summed E-state index contributed by atoms with van der Waals surface area (Å²) in [7, 11) is 0. The Balaban J connectivity index is 1.75. The Bertz CT molecular complexity index is 877. The molecule has 0 aliphatic rings. The van der Waals surface area contributed by atoms with Gasteiger partial charge in [-0.25, -0.2) is 0 Å². The molecule has 3 heteroatoms. The van der Waals surface area contributed by atoms with Crippen LogP contribution in [0.1, 0.15) is 47.8 Å².